The molecule has 160 valence electrons. The van der Waals surface area contributed by atoms with E-state index < -0.39 is 20.4 Å². The van der Waals surface area contributed by atoms with Gasteiger partial charge in [0.05, 0.1) is 4.92 Å². The first kappa shape index (κ1) is 20.8. The number of sulfone groups is 1. The Labute approximate surface area is 180 Å². The van der Waals surface area contributed by atoms with Crippen molar-refractivity contribution in [3.05, 3.63) is 87.6 Å². The van der Waals surface area contributed by atoms with Gasteiger partial charge in [0.25, 0.3) is 5.69 Å². The SMILES string of the molecule is CS(=O)(=O)c1cc(NCc2ccc(N3CCc4ccccc4C3)nc2)ccc1[N+](=O)[O-]. The van der Waals surface area contributed by atoms with Crippen LogP contribution in [0.25, 0.3) is 0 Å². The minimum Gasteiger partial charge on any atom is -0.381 e. The van der Waals surface area contributed by atoms with Gasteiger partial charge < -0.3 is 10.2 Å². The second-order valence-corrected chi connectivity index (χ2v) is 9.51. The molecule has 1 aliphatic rings. The molecule has 0 atom stereocenters. The molecule has 0 bridgehead atoms. The first-order chi connectivity index (χ1) is 14.8. The normalized spacial score (nSPS) is 13.5. The van der Waals surface area contributed by atoms with Gasteiger partial charge in [0.15, 0.2) is 9.84 Å². The number of hydrogen-bond donors (Lipinski definition) is 1. The van der Waals surface area contributed by atoms with Crippen LogP contribution in [0.4, 0.5) is 17.2 Å². The second kappa shape index (κ2) is 8.35. The first-order valence-electron chi connectivity index (χ1n) is 9.80. The summed E-state index contributed by atoms with van der Waals surface area (Å²) in [4.78, 5) is 16.9. The summed E-state index contributed by atoms with van der Waals surface area (Å²) in [6.45, 7) is 2.16. The first-order valence-corrected chi connectivity index (χ1v) is 11.7. The Kier molecular flexibility index (Phi) is 5.60. The molecule has 0 saturated heterocycles. The lowest BCUT2D eigenvalue weighted by molar-refractivity contribution is -0.387. The van der Waals surface area contributed by atoms with E-state index in [4.69, 9.17) is 0 Å². The lowest BCUT2D eigenvalue weighted by Crippen LogP contribution is -2.30. The highest BCUT2D eigenvalue weighted by atomic mass is 32.2. The van der Waals surface area contributed by atoms with Gasteiger partial charge in [0.2, 0.25) is 0 Å². The van der Waals surface area contributed by atoms with Crippen molar-refractivity contribution in [3.63, 3.8) is 0 Å². The van der Waals surface area contributed by atoms with Crippen LogP contribution < -0.4 is 10.2 Å². The van der Waals surface area contributed by atoms with Gasteiger partial charge in [-0.3, -0.25) is 10.1 Å². The summed E-state index contributed by atoms with van der Waals surface area (Å²) in [6.07, 6.45) is 3.73. The third-order valence-electron chi connectivity index (χ3n) is 5.32. The smallest absolute Gasteiger partial charge is 0.288 e. The molecular formula is C22H22N4O4S. The van der Waals surface area contributed by atoms with E-state index in [1.54, 1.807) is 6.20 Å². The molecule has 0 fully saturated rings. The Morgan fingerprint density at radius 1 is 1.13 bits per heavy atom. The molecule has 2 aromatic carbocycles. The summed E-state index contributed by atoms with van der Waals surface area (Å²) in [6, 6.07) is 16.4. The fourth-order valence-corrected chi connectivity index (χ4v) is 4.54. The lowest BCUT2D eigenvalue weighted by Gasteiger charge is -2.29. The number of pyridine rings is 1. The van der Waals surface area contributed by atoms with Crippen molar-refractivity contribution in [2.45, 2.75) is 24.4 Å². The number of fused-ring (bicyclic) bond motifs is 1. The van der Waals surface area contributed by atoms with Crippen molar-refractivity contribution in [1.82, 2.24) is 4.98 Å². The highest BCUT2D eigenvalue weighted by molar-refractivity contribution is 7.90. The third-order valence-corrected chi connectivity index (χ3v) is 6.44. The van der Waals surface area contributed by atoms with Crippen LogP contribution in [0.1, 0.15) is 16.7 Å². The number of rotatable bonds is 6. The van der Waals surface area contributed by atoms with Gasteiger partial charge in [-0.25, -0.2) is 13.4 Å². The summed E-state index contributed by atoms with van der Waals surface area (Å²) in [5.74, 6) is 0.910. The zero-order chi connectivity index (χ0) is 22.0. The standard InChI is InChI=1S/C22H22N4O4S/c1-31(29,30)21-12-19(7-8-20(21)26(27)28)23-13-16-6-9-22(24-14-16)25-11-10-17-4-2-3-5-18(17)15-25/h2-9,12,14,23H,10-11,13,15H2,1H3. The van der Waals surface area contributed by atoms with Crippen molar-refractivity contribution in [2.24, 2.45) is 0 Å². The van der Waals surface area contributed by atoms with Crippen LogP contribution in [0.3, 0.4) is 0 Å². The molecule has 8 nitrogen and oxygen atoms in total. The van der Waals surface area contributed by atoms with E-state index in [-0.39, 0.29) is 4.90 Å². The van der Waals surface area contributed by atoms with E-state index in [9.17, 15) is 18.5 Å². The van der Waals surface area contributed by atoms with Crippen molar-refractivity contribution in [2.75, 3.05) is 23.0 Å². The predicted molar refractivity (Wildman–Crippen MR) is 119 cm³/mol. The van der Waals surface area contributed by atoms with Crippen molar-refractivity contribution < 1.29 is 13.3 Å². The van der Waals surface area contributed by atoms with Gasteiger partial charge in [0.1, 0.15) is 10.7 Å². The summed E-state index contributed by atoms with van der Waals surface area (Å²) in [5.41, 5.74) is 3.68. The number of hydrogen-bond acceptors (Lipinski definition) is 7. The molecule has 1 aromatic heterocycles. The average Bonchev–Trinajstić information content (AvgIpc) is 2.77. The van der Waals surface area contributed by atoms with Gasteiger partial charge in [-0.15, -0.1) is 0 Å². The molecule has 31 heavy (non-hydrogen) atoms. The zero-order valence-electron chi connectivity index (χ0n) is 17.0. The number of nitro groups is 1. The molecule has 0 amide bonds. The topological polar surface area (TPSA) is 105 Å². The highest BCUT2D eigenvalue weighted by Gasteiger charge is 2.22. The summed E-state index contributed by atoms with van der Waals surface area (Å²) in [7, 11) is -3.72. The largest absolute Gasteiger partial charge is 0.381 e. The summed E-state index contributed by atoms with van der Waals surface area (Å²) < 4.78 is 23.8. The van der Waals surface area contributed by atoms with E-state index in [2.05, 4.69) is 39.5 Å². The molecule has 0 radical (unpaired) electrons. The van der Waals surface area contributed by atoms with Gasteiger partial charge in [0, 0.05) is 43.8 Å². The molecule has 0 spiro atoms. The Bertz CT molecular complexity index is 1230. The van der Waals surface area contributed by atoms with Crippen LogP contribution in [0, 0.1) is 10.1 Å². The Morgan fingerprint density at radius 3 is 2.58 bits per heavy atom. The van der Waals surface area contributed by atoms with Crippen LogP contribution in [-0.4, -0.2) is 31.1 Å². The molecule has 0 unspecified atom stereocenters. The molecule has 0 saturated carbocycles. The van der Waals surface area contributed by atoms with Gasteiger partial charge >= 0.3 is 0 Å². The number of nitrogens with zero attached hydrogens (tertiary/aromatic N) is 3. The third kappa shape index (κ3) is 4.66. The quantitative estimate of drug-likeness (QED) is 0.463. The van der Waals surface area contributed by atoms with E-state index in [0.29, 0.717) is 12.2 Å². The molecule has 0 aliphatic carbocycles. The van der Waals surface area contributed by atoms with Crippen LogP contribution in [0.2, 0.25) is 0 Å². The van der Waals surface area contributed by atoms with E-state index in [0.717, 1.165) is 37.1 Å². The maximum Gasteiger partial charge on any atom is 0.288 e. The van der Waals surface area contributed by atoms with Crippen LogP contribution in [0.5, 0.6) is 0 Å². The maximum atomic E-state index is 11.9. The van der Waals surface area contributed by atoms with E-state index >= 15 is 0 Å². The van der Waals surface area contributed by atoms with Crippen molar-refractivity contribution >= 4 is 27.0 Å². The minimum absolute atomic E-state index is 0.304. The monoisotopic (exact) mass is 438 g/mol. The molecule has 1 N–H and O–H groups in total. The van der Waals surface area contributed by atoms with Crippen LogP contribution >= 0.6 is 0 Å². The molecule has 3 aromatic rings. The minimum atomic E-state index is -3.72. The summed E-state index contributed by atoms with van der Waals surface area (Å²) in [5, 5.41) is 14.2. The fraction of sp³-hybridized carbons (Fsp3) is 0.227. The molecule has 4 rings (SSSR count). The van der Waals surface area contributed by atoms with Crippen molar-refractivity contribution in [3.8, 4) is 0 Å². The Hall–Kier alpha value is -3.46. The highest BCUT2D eigenvalue weighted by Crippen LogP contribution is 2.27. The zero-order valence-corrected chi connectivity index (χ0v) is 17.8. The Balaban J connectivity index is 1.44. The van der Waals surface area contributed by atoms with Crippen molar-refractivity contribution in [1.29, 1.82) is 0 Å². The second-order valence-electron chi connectivity index (χ2n) is 7.53. The van der Waals surface area contributed by atoms with Crippen LogP contribution in [-0.2, 0) is 29.3 Å². The number of nitrogens with one attached hydrogen (secondary N) is 1. The lowest BCUT2D eigenvalue weighted by atomic mass is 10.00. The van der Waals surface area contributed by atoms with Gasteiger partial charge in [-0.1, -0.05) is 30.3 Å². The predicted octanol–water partition coefficient (Wildman–Crippen LogP) is 3.57. The number of benzene rings is 2. The van der Waals surface area contributed by atoms with E-state index in [1.165, 1.54) is 29.3 Å². The Morgan fingerprint density at radius 2 is 1.90 bits per heavy atom. The van der Waals surface area contributed by atoms with Gasteiger partial charge in [-0.05, 0) is 41.3 Å². The number of nitro benzene ring substituents is 1. The number of aromatic nitrogens is 1. The van der Waals surface area contributed by atoms with E-state index in [1.807, 2.05) is 12.1 Å². The molecule has 2 heterocycles. The number of anilines is 2. The summed E-state index contributed by atoms with van der Waals surface area (Å²) >= 11 is 0. The van der Waals surface area contributed by atoms with Crippen LogP contribution in [0.15, 0.2) is 65.7 Å². The molecule has 1 aliphatic heterocycles. The fourth-order valence-electron chi connectivity index (χ4n) is 3.68. The molecule has 9 heteroatoms. The average molecular weight is 439 g/mol. The molecular weight excluding hydrogens is 416 g/mol. The maximum absolute atomic E-state index is 11.9. The van der Waals surface area contributed by atoms with Gasteiger partial charge in [-0.2, -0.15) is 0 Å².